The molecule has 0 aliphatic heterocycles. The van der Waals surface area contributed by atoms with Gasteiger partial charge in [0, 0.05) is 6.54 Å². The highest BCUT2D eigenvalue weighted by Crippen LogP contribution is 2.09. The fourth-order valence-corrected chi connectivity index (χ4v) is 2.96. The lowest BCUT2D eigenvalue weighted by molar-refractivity contribution is -0.124. The first kappa shape index (κ1) is 21.6. The number of amides is 2. The predicted molar refractivity (Wildman–Crippen MR) is 108 cm³/mol. The molecule has 0 bridgehead atoms. The Bertz CT molecular complexity index is 834. The van der Waals surface area contributed by atoms with Crippen molar-refractivity contribution in [3.8, 4) is 0 Å². The van der Waals surface area contributed by atoms with Crippen LogP contribution in [0.25, 0.3) is 0 Å². The molecule has 0 unspecified atom stereocenters. The largest absolute Gasteiger partial charge is 0.445 e. The van der Waals surface area contributed by atoms with E-state index in [0.717, 1.165) is 12.0 Å². The summed E-state index contributed by atoms with van der Waals surface area (Å²) in [6, 6.07) is 8.67. The van der Waals surface area contributed by atoms with Gasteiger partial charge in [0.15, 0.2) is 10.6 Å². The predicted octanol–water partition coefficient (Wildman–Crippen LogP) is 2.92. The first-order chi connectivity index (χ1) is 13.5. The van der Waals surface area contributed by atoms with Crippen LogP contribution < -0.4 is 10.6 Å². The van der Waals surface area contributed by atoms with Crippen LogP contribution in [0.15, 0.2) is 30.3 Å². The molecule has 152 valence electrons. The number of nitrogens with one attached hydrogen (secondary N) is 3. The first-order valence-corrected chi connectivity index (χ1v) is 9.76. The lowest BCUT2D eigenvalue weighted by atomic mass is 9.98. The molecule has 0 fully saturated rings. The number of ether oxygens (including phenoxy) is 1. The molecule has 0 aliphatic carbocycles. The molecule has 1 heterocycles. The maximum absolute atomic E-state index is 12.7. The molecule has 2 amide bonds. The zero-order chi connectivity index (χ0) is 20.5. The van der Waals surface area contributed by atoms with Crippen molar-refractivity contribution in [2.45, 2.75) is 52.9 Å². The second-order valence-electron chi connectivity index (χ2n) is 6.48. The minimum absolute atomic E-state index is 0.0590. The fraction of sp³-hybridized carbons (Fsp3) is 0.474. The molecule has 0 saturated carbocycles. The number of benzene rings is 1. The average molecular weight is 406 g/mol. The Morgan fingerprint density at radius 1 is 1.29 bits per heavy atom. The van der Waals surface area contributed by atoms with Gasteiger partial charge in [-0.3, -0.25) is 9.89 Å². The Morgan fingerprint density at radius 2 is 2.00 bits per heavy atom. The number of H-pyrrole nitrogens is 1. The summed E-state index contributed by atoms with van der Waals surface area (Å²) in [5, 5.41) is 12.3. The van der Waals surface area contributed by atoms with Crippen LogP contribution in [0.3, 0.4) is 0 Å². The van der Waals surface area contributed by atoms with Gasteiger partial charge < -0.3 is 19.9 Å². The number of nitrogens with zero attached hydrogens (tertiary/aromatic N) is 2. The Morgan fingerprint density at radius 3 is 2.64 bits per heavy atom. The summed E-state index contributed by atoms with van der Waals surface area (Å²) in [6.07, 6.45) is 0.102. The van der Waals surface area contributed by atoms with E-state index < -0.39 is 12.1 Å². The van der Waals surface area contributed by atoms with E-state index in [1.165, 1.54) is 0 Å². The van der Waals surface area contributed by atoms with Crippen LogP contribution in [0.1, 0.15) is 38.6 Å². The second-order valence-corrected chi connectivity index (χ2v) is 6.86. The third-order valence-electron chi connectivity index (χ3n) is 4.56. The lowest BCUT2D eigenvalue weighted by Crippen LogP contribution is -2.50. The molecule has 1 aromatic carbocycles. The summed E-state index contributed by atoms with van der Waals surface area (Å²) in [4.78, 5) is 24.9. The normalized spacial score (nSPS) is 12.8. The molecule has 0 spiro atoms. The molecule has 8 nitrogen and oxygen atoms in total. The van der Waals surface area contributed by atoms with Gasteiger partial charge in [0.25, 0.3) is 0 Å². The van der Waals surface area contributed by atoms with Crippen molar-refractivity contribution in [1.82, 2.24) is 25.4 Å². The van der Waals surface area contributed by atoms with Crippen LogP contribution in [0.2, 0.25) is 0 Å². The zero-order valence-electron chi connectivity index (χ0n) is 16.4. The highest BCUT2D eigenvalue weighted by molar-refractivity contribution is 7.71. The number of carbonyl (C=O) groups is 2. The third kappa shape index (κ3) is 5.91. The van der Waals surface area contributed by atoms with E-state index in [1.807, 2.05) is 51.1 Å². The first-order valence-electron chi connectivity index (χ1n) is 9.35. The summed E-state index contributed by atoms with van der Waals surface area (Å²) in [5.41, 5.74) is 0.879. The molecular formula is C19H27N5O3S. The fourth-order valence-electron chi connectivity index (χ4n) is 2.68. The minimum Gasteiger partial charge on any atom is -0.445 e. The number of rotatable bonds is 9. The molecule has 2 atom stereocenters. The average Bonchev–Trinajstić information content (AvgIpc) is 3.08. The number of aromatic nitrogens is 3. The molecule has 0 saturated heterocycles. The molecule has 3 N–H and O–H groups in total. The van der Waals surface area contributed by atoms with Gasteiger partial charge in [0.05, 0.1) is 6.54 Å². The maximum atomic E-state index is 12.7. The second kappa shape index (κ2) is 10.6. The van der Waals surface area contributed by atoms with E-state index in [0.29, 0.717) is 17.1 Å². The Balaban J connectivity index is 1.94. The Hall–Kier alpha value is -2.68. The van der Waals surface area contributed by atoms with Crippen molar-refractivity contribution in [2.24, 2.45) is 5.92 Å². The van der Waals surface area contributed by atoms with Gasteiger partial charge in [-0.2, -0.15) is 5.10 Å². The molecule has 0 radical (unpaired) electrons. The molecular weight excluding hydrogens is 378 g/mol. The van der Waals surface area contributed by atoms with Gasteiger partial charge in [-0.1, -0.05) is 50.6 Å². The number of carbonyl (C=O) groups excluding carboxylic acids is 2. The molecule has 28 heavy (non-hydrogen) atoms. The van der Waals surface area contributed by atoms with E-state index in [9.17, 15) is 9.59 Å². The van der Waals surface area contributed by atoms with Gasteiger partial charge >= 0.3 is 6.09 Å². The maximum Gasteiger partial charge on any atom is 0.408 e. The van der Waals surface area contributed by atoms with Crippen molar-refractivity contribution in [3.05, 3.63) is 46.5 Å². The summed E-state index contributed by atoms with van der Waals surface area (Å²) in [5.74, 6) is 0.286. The number of alkyl carbamates (subject to hydrolysis) is 1. The number of hydrogen-bond acceptors (Lipinski definition) is 5. The Labute approximate surface area is 169 Å². The van der Waals surface area contributed by atoms with Crippen LogP contribution in [0, 0.1) is 10.7 Å². The number of aromatic amines is 1. The molecule has 9 heteroatoms. The molecule has 0 aliphatic rings. The van der Waals surface area contributed by atoms with Gasteiger partial charge in [-0.15, -0.1) is 0 Å². The van der Waals surface area contributed by atoms with Crippen molar-refractivity contribution in [1.29, 1.82) is 0 Å². The van der Waals surface area contributed by atoms with Crippen LogP contribution in [-0.2, 0) is 29.2 Å². The molecule has 2 rings (SSSR count). The van der Waals surface area contributed by atoms with Crippen molar-refractivity contribution >= 4 is 24.2 Å². The highest BCUT2D eigenvalue weighted by atomic mass is 32.1. The van der Waals surface area contributed by atoms with E-state index in [-0.39, 0.29) is 25.0 Å². The van der Waals surface area contributed by atoms with E-state index >= 15 is 0 Å². The van der Waals surface area contributed by atoms with Crippen LogP contribution in [0.4, 0.5) is 4.79 Å². The standard InChI is InChI=1S/C19H27N5O3S/c1-4-13(3)16(21-19(26)27-12-14-9-7-6-8-10-14)17(25)20-11-15-22-23-18(28)24(15)5-2/h6-10,13,16H,4-5,11-12H2,1-3H3,(H,20,25)(H,21,26)(H,23,28)/t13-,16-/m0/s1. The Kier molecular flexibility index (Phi) is 8.19. The number of hydrogen-bond donors (Lipinski definition) is 3. The van der Waals surface area contributed by atoms with Crippen molar-refractivity contribution < 1.29 is 14.3 Å². The SMILES string of the molecule is CC[C@H](C)[C@H](NC(=O)OCc1ccccc1)C(=O)NCc1n[nH]c(=S)n1CC. The summed E-state index contributed by atoms with van der Waals surface area (Å²) in [6.45, 7) is 6.83. The lowest BCUT2D eigenvalue weighted by Gasteiger charge is -2.23. The highest BCUT2D eigenvalue weighted by Gasteiger charge is 2.26. The van der Waals surface area contributed by atoms with Crippen LogP contribution >= 0.6 is 12.2 Å². The summed E-state index contributed by atoms with van der Waals surface area (Å²) >= 11 is 5.15. The molecule has 2 aromatic rings. The van der Waals surface area contributed by atoms with Crippen molar-refractivity contribution in [3.63, 3.8) is 0 Å². The van der Waals surface area contributed by atoms with Gasteiger partial charge in [-0.25, -0.2) is 4.79 Å². The zero-order valence-corrected chi connectivity index (χ0v) is 17.2. The van der Waals surface area contributed by atoms with E-state index in [1.54, 1.807) is 4.57 Å². The van der Waals surface area contributed by atoms with Crippen LogP contribution in [-0.4, -0.2) is 32.8 Å². The van der Waals surface area contributed by atoms with Gasteiger partial charge in [0.2, 0.25) is 5.91 Å². The summed E-state index contributed by atoms with van der Waals surface area (Å²) < 4.78 is 7.55. The molecule has 1 aromatic heterocycles. The minimum atomic E-state index is -0.703. The quantitative estimate of drug-likeness (QED) is 0.557. The van der Waals surface area contributed by atoms with Gasteiger partial charge in [0.1, 0.15) is 12.6 Å². The van der Waals surface area contributed by atoms with E-state index in [2.05, 4.69) is 20.8 Å². The monoisotopic (exact) mass is 405 g/mol. The third-order valence-corrected chi connectivity index (χ3v) is 4.87. The van der Waals surface area contributed by atoms with Crippen LogP contribution in [0.5, 0.6) is 0 Å². The smallest absolute Gasteiger partial charge is 0.408 e. The van der Waals surface area contributed by atoms with Crippen molar-refractivity contribution in [2.75, 3.05) is 0 Å². The van der Waals surface area contributed by atoms with Gasteiger partial charge in [-0.05, 0) is 30.6 Å². The van der Waals surface area contributed by atoms with E-state index in [4.69, 9.17) is 17.0 Å². The topological polar surface area (TPSA) is 101 Å². The summed E-state index contributed by atoms with van der Waals surface area (Å²) in [7, 11) is 0.